The fourth-order valence-corrected chi connectivity index (χ4v) is 2.34. The van der Waals surface area contributed by atoms with Gasteiger partial charge < -0.3 is 14.3 Å². The van der Waals surface area contributed by atoms with Crippen LogP contribution in [0.1, 0.15) is 10.5 Å². The van der Waals surface area contributed by atoms with E-state index in [1.54, 1.807) is 17.1 Å². The molecule has 2 heterocycles. The number of rotatable bonds is 7. The molecule has 2 rings (SSSR count). The van der Waals surface area contributed by atoms with Gasteiger partial charge in [0.15, 0.2) is 5.69 Å². The smallest absolute Gasteiger partial charge is 0.357 e. The number of carboxylic acids is 1. The lowest BCUT2D eigenvalue weighted by Crippen LogP contribution is -2.22. The largest absolute Gasteiger partial charge is 0.476 e. The molecule has 0 atom stereocenters. The van der Waals surface area contributed by atoms with E-state index in [0.29, 0.717) is 18.9 Å². The van der Waals surface area contributed by atoms with Crippen molar-refractivity contribution in [3.8, 4) is 11.5 Å². The summed E-state index contributed by atoms with van der Waals surface area (Å²) in [6.07, 6.45) is 4.39. The van der Waals surface area contributed by atoms with Gasteiger partial charge >= 0.3 is 5.97 Å². The number of aromatic carboxylic acids is 1. The third-order valence-corrected chi connectivity index (χ3v) is 4.53. The molecule has 0 saturated heterocycles. The van der Waals surface area contributed by atoms with E-state index in [-0.39, 0.29) is 11.6 Å². The maximum absolute atomic E-state index is 10.7. The van der Waals surface area contributed by atoms with E-state index in [9.17, 15) is 4.79 Å². The number of nitrogens with zero attached hydrogens (tertiary/aromatic N) is 3. The number of carboxylic acid groups (broad SMARTS) is 1. The molecular weight excluding hydrogens is 290 g/mol. The van der Waals surface area contributed by atoms with Gasteiger partial charge in [0.05, 0.1) is 11.8 Å². The normalized spacial score (nSPS) is 11.8. The first-order valence-electron chi connectivity index (χ1n) is 6.64. The van der Waals surface area contributed by atoms with Crippen molar-refractivity contribution in [3.05, 3.63) is 24.4 Å². The molecule has 0 unspecified atom stereocenters. The predicted molar refractivity (Wildman–Crippen MR) is 78.8 cm³/mol. The van der Waals surface area contributed by atoms with Gasteiger partial charge in [-0.2, -0.15) is 5.10 Å². The third kappa shape index (κ3) is 4.54. The molecule has 7 nitrogen and oxygen atoms in total. The number of oxazole rings is 1. The van der Waals surface area contributed by atoms with Crippen molar-refractivity contribution in [3.63, 3.8) is 0 Å². The minimum atomic E-state index is -1.12. The summed E-state index contributed by atoms with van der Waals surface area (Å²) in [5.41, 5.74) is 0.500. The van der Waals surface area contributed by atoms with Crippen molar-refractivity contribution in [2.75, 3.05) is 6.61 Å². The van der Waals surface area contributed by atoms with Crippen LogP contribution in [0.15, 0.2) is 23.1 Å². The highest BCUT2D eigenvalue weighted by Crippen LogP contribution is 2.17. The molecule has 0 aliphatic carbocycles. The molecule has 0 aliphatic rings. The summed E-state index contributed by atoms with van der Waals surface area (Å²) in [7, 11) is -1.09. The van der Waals surface area contributed by atoms with E-state index in [2.05, 4.69) is 29.7 Å². The van der Waals surface area contributed by atoms with Gasteiger partial charge in [0.25, 0.3) is 0 Å². The van der Waals surface area contributed by atoms with Crippen LogP contribution in [0.3, 0.4) is 0 Å². The van der Waals surface area contributed by atoms with Crippen molar-refractivity contribution >= 4 is 14.0 Å². The van der Waals surface area contributed by atoms with E-state index in [4.69, 9.17) is 14.3 Å². The van der Waals surface area contributed by atoms with E-state index in [1.165, 1.54) is 0 Å². The Balaban J connectivity index is 1.90. The maximum atomic E-state index is 10.7. The Morgan fingerprint density at radius 2 is 2.24 bits per heavy atom. The fourth-order valence-electron chi connectivity index (χ4n) is 1.59. The number of ether oxygens (including phenoxy) is 1. The number of aromatic nitrogens is 3. The van der Waals surface area contributed by atoms with E-state index in [0.717, 1.165) is 12.3 Å². The highest BCUT2D eigenvalue weighted by Gasteiger charge is 2.14. The zero-order chi connectivity index (χ0) is 15.5. The fraction of sp³-hybridized carbons (Fsp3) is 0.462. The molecule has 0 amide bonds. The average Bonchev–Trinajstić information content (AvgIpc) is 3.02. The monoisotopic (exact) mass is 309 g/mol. The van der Waals surface area contributed by atoms with Crippen LogP contribution in [0.4, 0.5) is 0 Å². The van der Waals surface area contributed by atoms with Gasteiger partial charge in [0, 0.05) is 20.9 Å². The lowest BCUT2D eigenvalue weighted by molar-refractivity contribution is 0.0690. The Bertz CT molecular complexity index is 615. The molecule has 0 spiro atoms. The van der Waals surface area contributed by atoms with Gasteiger partial charge in [0.2, 0.25) is 5.89 Å². The third-order valence-electron chi connectivity index (χ3n) is 2.82. The molecule has 8 heteroatoms. The van der Waals surface area contributed by atoms with Gasteiger partial charge in [0.1, 0.15) is 13.0 Å². The van der Waals surface area contributed by atoms with Crippen LogP contribution < -0.4 is 0 Å². The van der Waals surface area contributed by atoms with Gasteiger partial charge in [-0.15, -0.1) is 0 Å². The molecule has 0 fully saturated rings. The molecular formula is C13H19N3O4Si. The summed E-state index contributed by atoms with van der Waals surface area (Å²) in [6.45, 7) is 7.96. The van der Waals surface area contributed by atoms with Crippen LogP contribution >= 0.6 is 0 Å². The minimum absolute atomic E-state index is 0.121. The van der Waals surface area contributed by atoms with E-state index < -0.39 is 14.0 Å². The summed E-state index contributed by atoms with van der Waals surface area (Å²) in [4.78, 5) is 14.6. The molecule has 0 radical (unpaired) electrons. The zero-order valence-electron chi connectivity index (χ0n) is 12.4. The van der Waals surface area contributed by atoms with Crippen LogP contribution in [0.5, 0.6) is 0 Å². The van der Waals surface area contributed by atoms with Crippen molar-refractivity contribution in [2.45, 2.75) is 32.4 Å². The maximum Gasteiger partial charge on any atom is 0.357 e. The first-order chi connectivity index (χ1) is 9.85. The first kappa shape index (κ1) is 15.5. The second-order valence-corrected chi connectivity index (χ2v) is 11.6. The Kier molecular flexibility index (Phi) is 4.58. The number of hydrogen-bond donors (Lipinski definition) is 1. The van der Waals surface area contributed by atoms with E-state index in [1.807, 2.05) is 0 Å². The van der Waals surface area contributed by atoms with Gasteiger partial charge in [-0.1, -0.05) is 19.6 Å². The van der Waals surface area contributed by atoms with Crippen LogP contribution in [0.25, 0.3) is 11.5 Å². The van der Waals surface area contributed by atoms with Crippen LogP contribution in [0, 0.1) is 0 Å². The lowest BCUT2D eigenvalue weighted by Gasteiger charge is -2.15. The first-order valence-corrected chi connectivity index (χ1v) is 10.4. The molecule has 21 heavy (non-hydrogen) atoms. The second kappa shape index (κ2) is 6.23. The standard InChI is InChI=1S/C13H19N3O4Si/c1-21(2,3)5-4-19-9-16-7-10(6-14-16)12-15-11(8-20-12)13(17)18/h6-8H,4-5,9H2,1-3H3,(H,17,18). The van der Waals surface area contributed by atoms with Crippen LogP contribution in [0.2, 0.25) is 25.7 Å². The Labute approximate surface area is 123 Å². The zero-order valence-corrected chi connectivity index (χ0v) is 13.4. The number of carbonyl (C=O) groups is 1. The molecule has 1 N–H and O–H groups in total. The van der Waals surface area contributed by atoms with Crippen LogP contribution in [-0.4, -0.2) is 40.5 Å². The highest BCUT2D eigenvalue weighted by molar-refractivity contribution is 6.76. The molecule has 0 saturated carbocycles. The molecule has 2 aromatic heterocycles. The minimum Gasteiger partial charge on any atom is -0.476 e. The SMILES string of the molecule is C[Si](C)(C)CCOCn1cc(-c2nc(C(=O)O)co2)cn1. The molecule has 2 aromatic rings. The Hall–Kier alpha value is -1.93. The van der Waals surface area contributed by atoms with Crippen molar-refractivity contribution < 1.29 is 19.1 Å². The van der Waals surface area contributed by atoms with Crippen LogP contribution in [-0.2, 0) is 11.5 Å². The predicted octanol–water partition coefficient (Wildman–Crippen LogP) is 2.55. The summed E-state index contributed by atoms with van der Waals surface area (Å²) in [5.74, 6) is -0.882. The van der Waals surface area contributed by atoms with Gasteiger partial charge in [-0.3, -0.25) is 0 Å². The molecule has 0 bridgehead atoms. The van der Waals surface area contributed by atoms with Crippen molar-refractivity contribution in [1.29, 1.82) is 0 Å². The van der Waals surface area contributed by atoms with Crippen molar-refractivity contribution in [1.82, 2.24) is 14.8 Å². The second-order valence-electron chi connectivity index (χ2n) is 5.96. The molecule has 0 aliphatic heterocycles. The summed E-state index contributed by atoms with van der Waals surface area (Å²) >= 11 is 0. The topological polar surface area (TPSA) is 90.4 Å². The summed E-state index contributed by atoms with van der Waals surface area (Å²) < 4.78 is 12.3. The lowest BCUT2D eigenvalue weighted by atomic mass is 10.4. The van der Waals surface area contributed by atoms with Gasteiger partial charge in [-0.05, 0) is 6.04 Å². The highest BCUT2D eigenvalue weighted by atomic mass is 28.3. The number of hydrogen-bond acceptors (Lipinski definition) is 5. The summed E-state index contributed by atoms with van der Waals surface area (Å²) in [6, 6.07) is 1.10. The van der Waals surface area contributed by atoms with E-state index >= 15 is 0 Å². The van der Waals surface area contributed by atoms with Crippen molar-refractivity contribution in [2.24, 2.45) is 0 Å². The van der Waals surface area contributed by atoms with Gasteiger partial charge in [-0.25, -0.2) is 14.5 Å². The Morgan fingerprint density at radius 3 is 2.86 bits per heavy atom. The quantitative estimate of drug-likeness (QED) is 0.624. The molecule has 114 valence electrons. The average molecular weight is 309 g/mol. The summed E-state index contributed by atoms with van der Waals surface area (Å²) in [5, 5.41) is 12.9. The Morgan fingerprint density at radius 1 is 1.48 bits per heavy atom. The molecule has 0 aromatic carbocycles.